The first-order chi connectivity index (χ1) is 12.0. The molecule has 0 spiro atoms. The van der Waals surface area contributed by atoms with Gasteiger partial charge in [-0.3, -0.25) is 19.7 Å². The number of nitrogens with zero attached hydrogens (tertiary/aromatic N) is 2. The molecular formula is C18H19N5O2. The zero-order valence-electron chi connectivity index (χ0n) is 14.0. The van der Waals surface area contributed by atoms with Crippen LogP contribution in [0.3, 0.4) is 0 Å². The second kappa shape index (κ2) is 7.12. The van der Waals surface area contributed by atoms with Gasteiger partial charge in [0.2, 0.25) is 0 Å². The van der Waals surface area contributed by atoms with Gasteiger partial charge in [-0.2, -0.15) is 5.10 Å². The van der Waals surface area contributed by atoms with E-state index in [2.05, 4.69) is 25.8 Å². The van der Waals surface area contributed by atoms with Crippen LogP contribution in [0, 0.1) is 5.92 Å². The summed E-state index contributed by atoms with van der Waals surface area (Å²) in [5.41, 5.74) is 2.99. The van der Waals surface area contributed by atoms with E-state index in [1.165, 1.54) is 6.20 Å². The van der Waals surface area contributed by atoms with Gasteiger partial charge in [-0.1, -0.05) is 13.8 Å². The fourth-order valence-corrected chi connectivity index (χ4v) is 2.26. The summed E-state index contributed by atoms with van der Waals surface area (Å²) < 4.78 is 0. The highest BCUT2D eigenvalue weighted by Crippen LogP contribution is 2.14. The minimum absolute atomic E-state index is 0.125. The molecule has 1 aromatic carbocycles. The average Bonchev–Trinajstić information content (AvgIpc) is 3.08. The molecule has 2 amide bonds. The zero-order valence-corrected chi connectivity index (χ0v) is 14.0. The number of hydrogen-bond acceptors (Lipinski definition) is 4. The Kier molecular flexibility index (Phi) is 4.74. The number of fused-ring (bicyclic) bond motifs is 1. The van der Waals surface area contributed by atoms with Crippen LogP contribution in [0.5, 0.6) is 0 Å². The number of aromatic nitrogens is 3. The number of anilines is 1. The molecule has 7 nitrogen and oxygen atoms in total. The van der Waals surface area contributed by atoms with Gasteiger partial charge in [0.15, 0.2) is 0 Å². The largest absolute Gasteiger partial charge is 0.352 e. The third-order valence-electron chi connectivity index (χ3n) is 3.63. The van der Waals surface area contributed by atoms with Gasteiger partial charge in [0.25, 0.3) is 11.8 Å². The molecule has 0 aliphatic carbocycles. The lowest BCUT2D eigenvalue weighted by Gasteiger charge is -2.09. The van der Waals surface area contributed by atoms with E-state index in [9.17, 15) is 9.59 Å². The fraction of sp³-hybridized carbons (Fsp3) is 0.222. The second-order valence-corrected chi connectivity index (χ2v) is 6.16. The Labute approximate surface area is 144 Å². The number of aromatic amines is 1. The topological polar surface area (TPSA) is 99.8 Å². The van der Waals surface area contributed by atoms with Crippen LogP contribution in [0.15, 0.2) is 42.7 Å². The zero-order chi connectivity index (χ0) is 17.8. The minimum Gasteiger partial charge on any atom is -0.352 e. The van der Waals surface area contributed by atoms with E-state index >= 15 is 0 Å². The summed E-state index contributed by atoms with van der Waals surface area (Å²) in [4.78, 5) is 28.5. The summed E-state index contributed by atoms with van der Waals surface area (Å²) >= 11 is 0. The van der Waals surface area contributed by atoms with Gasteiger partial charge >= 0.3 is 0 Å². The van der Waals surface area contributed by atoms with Crippen molar-refractivity contribution in [1.29, 1.82) is 0 Å². The van der Waals surface area contributed by atoms with Crippen molar-refractivity contribution in [2.75, 3.05) is 11.9 Å². The van der Waals surface area contributed by atoms with Crippen LogP contribution in [0.2, 0.25) is 0 Å². The van der Waals surface area contributed by atoms with Crippen LogP contribution in [-0.2, 0) is 0 Å². The lowest BCUT2D eigenvalue weighted by molar-refractivity contribution is 0.0948. The molecule has 0 aliphatic rings. The number of rotatable bonds is 5. The highest BCUT2D eigenvalue weighted by Gasteiger charge is 2.10. The van der Waals surface area contributed by atoms with E-state index < -0.39 is 0 Å². The summed E-state index contributed by atoms with van der Waals surface area (Å²) in [5, 5.41) is 12.3. The van der Waals surface area contributed by atoms with E-state index in [0.29, 0.717) is 40.3 Å². The smallest absolute Gasteiger partial charge is 0.257 e. The van der Waals surface area contributed by atoms with E-state index in [1.54, 1.807) is 36.5 Å². The molecule has 3 aromatic rings. The van der Waals surface area contributed by atoms with Crippen molar-refractivity contribution in [1.82, 2.24) is 20.5 Å². The Morgan fingerprint density at radius 2 is 1.84 bits per heavy atom. The molecule has 0 unspecified atom stereocenters. The number of hydrogen-bond donors (Lipinski definition) is 3. The van der Waals surface area contributed by atoms with Crippen molar-refractivity contribution < 1.29 is 9.59 Å². The van der Waals surface area contributed by atoms with Gasteiger partial charge in [-0.05, 0) is 36.2 Å². The van der Waals surface area contributed by atoms with Gasteiger partial charge < -0.3 is 10.6 Å². The van der Waals surface area contributed by atoms with Crippen LogP contribution in [0.4, 0.5) is 5.69 Å². The van der Waals surface area contributed by atoms with Crippen LogP contribution in [0.1, 0.15) is 34.6 Å². The molecule has 0 radical (unpaired) electrons. The maximum Gasteiger partial charge on any atom is 0.257 e. The Morgan fingerprint density at radius 3 is 2.56 bits per heavy atom. The third kappa shape index (κ3) is 4.00. The molecule has 7 heteroatoms. The van der Waals surface area contributed by atoms with Gasteiger partial charge in [-0.15, -0.1) is 0 Å². The van der Waals surface area contributed by atoms with Gasteiger partial charge in [-0.25, -0.2) is 0 Å². The van der Waals surface area contributed by atoms with Crippen LogP contribution < -0.4 is 10.6 Å². The van der Waals surface area contributed by atoms with E-state index in [0.717, 1.165) is 0 Å². The lowest BCUT2D eigenvalue weighted by Crippen LogP contribution is -2.27. The third-order valence-corrected chi connectivity index (χ3v) is 3.63. The molecule has 25 heavy (non-hydrogen) atoms. The molecule has 0 saturated heterocycles. The normalized spacial score (nSPS) is 10.8. The quantitative estimate of drug-likeness (QED) is 0.666. The molecule has 0 aliphatic heterocycles. The number of amides is 2. The monoisotopic (exact) mass is 337 g/mol. The highest BCUT2D eigenvalue weighted by atomic mass is 16.2. The van der Waals surface area contributed by atoms with Gasteiger partial charge in [0, 0.05) is 24.0 Å². The number of nitrogens with one attached hydrogen (secondary N) is 3. The maximum absolute atomic E-state index is 12.3. The average molecular weight is 337 g/mol. The Bertz CT molecular complexity index is 899. The fourth-order valence-electron chi connectivity index (χ4n) is 2.26. The molecule has 3 rings (SSSR count). The number of pyridine rings is 1. The first kappa shape index (κ1) is 16.6. The minimum atomic E-state index is -0.277. The first-order valence-corrected chi connectivity index (χ1v) is 8.01. The lowest BCUT2D eigenvalue weighted by atomic mass is 10.1. The SMILES string of the molecule is CC(C)CNC(=O)c1ccc(NC(=O)c2cnc3cn[nH]c3c2)cc1. The maximum atomic E-state index is 12.3. The van der Waals surface area contributed by atoms with E-state index in [4.69, 9.17) is 0 Å². The molecule has 3 N–H and O–H groups in total. The molecule has 0 fully saturated rings. The van der Waals surface area contributed by atoms with Crippen molar-refractivity contribution in [3.63, 3.8) is 0 Å². The molecule has 2 heterocycles. The van der Waals surface area contributed by atoms with Crippen LogP contribution in [0.25, 0.3) is 11.0 Å². The molecule has 0 atom stereocenters. The summed E-state index contributed by atoms with van der Waals surface area (Å²) in [6, 6.07) is 8.45. The number of benzene rings is 1. The van der Waals surface area contributed by atoms with Crippen molar-refractivity contribution >= 4 is 28.5 Å². The van der Waals surface area contributed by atoms with Gasteiger partial charge in [0.05, 0.1) is 17.3 Å². The summed E-state index contributed by atoms with van der Waals surface area (Å²) in [6.45, 7) is 4.70. The van der Waals surface area contributed by atoms with Crippen LogP contribution in [-0.4, -0.2) is 33.5 Å². The Balaban J connectivity index is 1.66. The standard InChI is InChI=1S/C18H19N5O2/c1-11(2)8-20-17(24)12-3-5-14(6-4-12)22-18(25)13-7-15-16(19-9-13)10-21-23-15/h3-7,9-11H,8H2,1-2H3,(H,20,24)(H,21,23)(H,22,25). The first-order valence-electron chi connectivity index (χ1n) is 8.01. The van der Waals surface area contributed by atoms with E-state index in [1.807, 2.05) is 13.8 Å². The van der Waals surface area contributed by atoms with Crippen molar-refractivity contribution in [2.24, 2.45) is 5.92 Å². The van der Waals surface area contributed by atoms with Crippen molar-refractivity contribution in [2.45, 2.75) is 13.8 Å². The summed E-state index contributed by atoms with van der Waals surface area (Å²) in [6.07, 6.45) is 3.10. The second-order valence-electron chi connectivity index (χ2n) is 6.16. The predicted octanol–water partition coefficient (Wildman–Crippen LogP) is 2.60. The molecule has 0 bridgehead atoms. The van der Waals surface area contributed by atoms with Crippen molar-refractivity contribution in [3.8, 4) is 0 Å². The molecule has 2 aromatic heterocycles. The Morgan fingerprint density at radius 1 is 1.08 bits per heavy atom. The number of carbonyl (C=O) groups is 2. The number of H-pyrrole nitrogens is 1. The Hall–Kier alpha value is -3.22. The van der Waals surface area contributed by atoms with Crippen LogP contribution >= 0.6 is 0 Å². The summed E-state index contributed by atoms with van der Waals surface area (Å²) in [5.74, 6) is -0.00943. The molecular weight excluding hydrogens is 318 g/mol. The highest BCUT2D eigenvalue weighted by molar-refractivity contribution is 6.05. The predicted molar refractivity (Wildman–Crippen MR) is 95.5 cm³/mol. The van der Waals surface area contributed by atoms with E-state index in [-0.39, 0.29) is 11.8 Å². The summed E-state index contributed by atoms with van der Waals surface area (Å²) in [7, 11) is 0. The molecule has 0 saturated carbocycles. The van der Waals surface area contributed by atoms with Crippen molar-refractivity contribution in [3.05, 3.63) is 53.9 Å². The van der Waals surface area contributed by atoms with Gasteiger partial charge in [0.1, 0.15) is 5.52 Å². The number of carbonyl (C=O) groups excluding carboxylic acids is 2. The molecule has 128 valence electrons.